The third-order valence-corrected chi connectivity index (χ3v) is 5.10. The number of carbonyl (C=O) groups excluding carboxylic acids is 2. The molecular weight excluding hydrogens is 330 g/mol. The van der Waals surface area contributed by atoms with Gasteiger partial charge in [-0.1, -0.05) is 18.0 Å². The van der Waals surface area contributed by atoms with Gasteiger partial charge in [-0.3, -0.25) is 9.59 Å². The summed E-state index contributed by atoms with van der Waals surface area (Å²) in [5, 5.41) is 0.566. The van der Waals surface area contributed by atoms with E-state index >= 15 is 0 Å². The molecule has 1 aromatic rings. The predicted molar refractivity (Wildman–Crippen MR) is 77.2 cm³/mol. The van der Waals surface area contributed by atoms with Gasteiger partial charge < -0.3 is 0 Å². The quantitative estimate of drug-likeness (QED) is 0.730. The summed E-state index contributed by atoms with van der Waals surface area (Å²) in [6.07, 6.45) is 2.61. The lowest BCUT2D eigenvalue weighted by Gasteiger charge is -2.18. The van der Waals surface area contributed by atoms with E-state index in [9.17, 15) is 9.59 Å². The van der Waals surface area contributed by atoms with E-state index < -0.39 is 0 Å². The van der Waals surface area contributed by atoms with Gasteiger partial charge in [-0.25, -0.2) is 4.90 Å². The van der Waals surface area contributed by atoms with Crippen molar-refractivity contribution < 1.29 is 9.59 Å². The molecule has 2 amide bonds. The van der Waals surface area contributed by atoms with Crippen LogP contribution < -0.4 is 4.90 Å². The Kier molecular flexibility index (Phi) is 3.18. The van der Waals surface area contributed by atoms with Crippen LogP contribution in [0.4, 0.5) is 5.69 Å². The molecule has 0 radical (unpaired) electrons. The van der Waals surface area contributed by atoms with Crippen molar-refractivity contribution in [2.75, 3.05) is 4.90 Å². The van der Waals surface area contributed by atoms with E-state index in [2.05, 4.69) is 15.9 Å². The van der Waals surface area contributed by atoms with Crippen LogP contribution in [-0.4, -0.2) is 11.8 Å². The van der Waals surface area contributed by atoms with Crippen molar-refractivity contribution in [2.24, 2.45) is 11.8 Å². The van der Waals surface area contributed by atoms with Crippen molar-refractivity contribution in [3.63, 3.8) is 0 Å². The number of nitrogens with zero attached hydrogens (tertiary/aromatic N) is 1. The number of benzene rings is 1. The second-order valence-corrected chi connectivity index (χ2v) is 6.47. The molecule has 0 aromatic heterocycles. The lowest BCUT2D eigenvalue weighted by Crippen LogP contribution is -2.31. The monoisotopic (exact) mass is 341 g/mol. The van der Waals surface area contributed by atoms with Gasteiger partial charge in [0.25, 0.3) is 0 Å². The summed E-state index contributed by atoms with van der Waals surface area (Å²) in [5.74, 6) is -0.403. The Morgan fingerprint density at radius 3 is 2.37 bits per heavy atom. The van der Waals surface area contributed by atoms with Crippen LogP contribution in [0.25, 0.3) is 0 Å². The summed E-state index contributed by atoms with van der Waals surface area (Å²) >= 11 is 9.53. The number of rotatable bonds is 1. The Hall–Kier alpha value is -0.870. The second kappa shape index (κ2) is 4.60. The maximum absolute atomic E-state index is 12.4. The van der Waals surface area contributed by atoms with Crippen molar-refractivity contribution in [1.29, 1.82) is 0 Å². The molecule has 1 heterocycles. The molecule has 100 valence electrons. The van der Waals surface area contributed by atoms with Gasteiger partial charge in [-0.05, 0) is 53.4 Å². The van der Waals surface area contributed by atoms with Crippen LogP contribution in [0.3, 0.4) is 0 Å². The second-order valence-electron chi connectivity index (χ2n) is 5.21. The minimum absolute atomic E-state index is 0.0758. The number of imide groups is 1. The zero-order chi connectivity index (χ0) is 13.7. The standard InChI is InChI=1S/C14H13BrClNO2/c1-7-5-10(15)12(6-11(7)16)17-13(18)8-3-2-4-9(8)14(17)19/h5-6,8-9H,2-4H2,1H3. The first-order valence-electron chi connectivity index (χ1n) is 6.34. The molecule has 1 saturated heterocycles. The van der Waals surface area contributed by atoms with E-state index in [0.29, 0.717) is 10.7 Å². The smallest absolute Gasteiger partial charge is 0.237 e. The van der Waals surface area contributed by atoms with Crippen molar-refractivity contribution >= 4 is 45.0 Å². The van der Waals surface area contributed by atoms with Crippen LogP contribution in [-0.2, 0) is 9.59 Å². The molecule has 19 heavy (non-hydrogen) atoms. The van der Waals surface area contributed by atoms with Gasteiger partial charge in [0.15, 0.2) is 0 Å². The molecule has 1 aliphatic carbocycles. The fourth-order valence-corrected chi connectivity index (χ4v) is 3.83. The first kappa shape index (κ1) is 13.1. The van der Waals surface area contributed by atoms with E-state index in [-0.39, 0.29) is 23.7 Å². The highest BCUT2D eigenvalue weighted by molar-refractivity contribution is 9.10. The summed E-state index contributed by atoms with van der Waals surface area (Å²) in [4.78, 5) is 26.1. The van der Waals surface area contributed by atoms with Crippen LogP contribution in [0.5, 0.6) is 0 Å². The molecule has 1 aromatic carbocycles. The van der Waals surface area contributed by atoms with Crippen molar-refractivity contribution in [3.05, 3.63) is 27.2 Å². The number of hydrogen-bond donors (Lipinski definition) is 0. The summed E-state index contributed by atoms with van der Waals surface area (Å²) in [5.41, 5.74) is 1.48. The third kappa shape index (κ3) is 1.93. The van der Waals surface area contributed by atoms with Crippen LogP contribution in [0, 0.1) is 18.8 Å². The SMILES string of the molecule is Cc1cc(Br)c(N2C(=O)C3CCCC3C2=O)cc1Cl. The third-order valence-electron chi connectivity index (χ3n) is 4.06. The summed E-state index contributed by atoms with van der Waals surface area (Å²) in [6, 6.07) is 3.53. The molecule has 2 fully saturated rings. The average molecular weight is 343 g/mol. The van der Waals surface area contributed by atoms with Crippen molar-refractivity contribution in [1.82, 2.24) is 0 Å². The average Bonchev–Trinajstić information content (AvgIpc) is 2.91. The Morgan fingerprint density at radius 2 is 1.79 bits per heavy atom. The molecule has 1 aliphatic heterocycles. The molecule has 0 bridgehead atoms. The molecule has 3 nitrogen and oxygen atoms in total. The predicted octanol–water partition coefficient (Wildman–Crippen LogP) is 3.70. The number of anilines is 1. The van der Waals surface area contributed by atoms with Crippen LogP contribution >= 0.6 is 27.5 Å². The summed E-state index contributed by atoms with van der Waals surface area (Å²) < 4.78 is 0.732. The highest BCUT2D eigenvalue weighted by Crippen LogP contribution is 2.44. The Balaban J connectivity index is 2.06. The molecule has 1 saturated carbocycles. The molecular formula is C14H13BrClNO2. The van der Waals surface area contributed by atoms with Gasteiger partial charge in [0.1, 0.15) is 0 Å². The topological polar surface area (TPSA) is 37.4 Å². The maximum Gasteiger partial charge on any atom is 0.237 e. The number of fused-ring (bicyclic) bond motifs is 1. The van der Waals surface area contributed by atoms with Crippen molar-refractivity contribution in [3.8, 4) is 0 Å². The van der Waals surface area contributed by atoms with E-state index in [4.69, 9.17) is 11.6 Å². The van der Waals surface area contributed by atoms with Gasteiger partial charge in [-0.2, -0.15) is 0 Å². The molecule has 0 spiro atoms. The fourth-order valence-electron chi connectivity index (χ4n) is 3.04. The van der Waals surface area contributed by atoms with E-state index in [1.807, 2.05) is 13.0 Å². The number of halogens is 2. The molecule has 2 aliphatic rings. The summed E-state index contributed by atoms with van der Waals surface area (Å²) in [6.45, 7) is 1.89. The number of aryl methyl sites for hydroxylation is 1. The normalized spacial score (nSPS) is 26.2. The van der Waals surface area contributed by atoms with Gasteiger partial charge >= 0.3 is 0 Å². The first-order valence-corrected chi connectivity index (χ1v) is 7.51. The largest absolute Gasteiger partial charge is 0.274 e. The Labute approximate surface area is 125 Å². The van der Waals surface area contributed by atoms with Crippen molar-refractivity contribution in [2.45, 2.75) is 26.2 Å². The number of carbonyl (C=O) groups is 2. The van der Waals surface area contributed by atoms with E-state index in [1.54, 1.807) is 6.07 Å². The van der Waals surface area contributed by atoms with Crippen LogP contribution in [0.15, 0.2) is 16.6 Å². The van der Waals surface area contributed by atoms with E-state index in [1.165, 1.54) is 4.90 Å². The van der Waals surface area contributed by atoms with Crippen LogP contribution in [0.2, 0.25) is 5.02 Å². The lowest BCUT2D eigenvalue weighted by atomic mass is 10.00. The van der Waals surface area contributed by atoms with E-state index in [0.717, 1.165) is 29.3 Å². The molecule has 0 N–H and O–H groups in total. The zero-order valence-electron chi connectivity index (χ0n) is 10.5. The Morgan fingerprint density at radius 1 is 1.21 bits per heavy atom. The zero-order valence-corrected chi connectivity index (χ0v) is 12.8. The fraction of sp³-hybridized carbons (Fsp3) is 0.429. The maximum atomic E-state index is 12.4. The lowest BCUT2D eigenvalue weighted by molar-refractivity contribution is -0.122. The first-order chi connectivity index (χ1) is 9.00. The van der Waals surface area contributed by atoms with Gasteiger partial charge in [0, 0.05) is 9.50 Å². The van der Waals surface area contributed by atoms with Crippen LogP contribution in [0.1, 0.15) is 24.8 Å². The number of hydrogen-bond acceptors (Lipinski definition) is 2. The van der Waals surface area contributed by atoms with Gasteiger partial charge in [0.2, 0.25) is 11.8 Å². The minimum Gasteiger partial charge on any atom is -0.274 e. The minimum atomic E-state index is -0.125. The van der Waals surface area contributed by atoms with Gasteiger partial charge in [-0.15, -0.1) is 0 Å². The number of amides is 2. The molecule has 3 rings (SSSR count). The van der Waals surface area contributed by atoms with Gasteiger partial charge in [0.05, 0.1) is 17.5 Å². The highest BCUT2D eigenvalue weighted by atomic mass is 79.9. The highest BCUT2D eigenvalue weighted by Gasteiger charge is 2.50. The molecule has 2 atom stereocenters. The molecule has 2 unspecified atom stereocenters. The molecule has 5 heteroatoms. The summed E-state index contributed by atoms with van der Waals surface area (Å²) in [7, 11) is 0. The Bertz CT molecular complexity index is 565.